The summed E-state index contributed by atoms with van der Waals surface area (Å²) in [5.41, 5.74) is 4.22. The Morgan fingerprint density at radius 2 is 1.78 bits per heavy atom. The van der Waals surface area contributed by atoms with E-state index in [1.54, 1.807) is 18.2 Å². The highest BCUT2D eigenvalue weighted by Gasteiger charge is 2.09. The molecule has 0 aromatic heterocycles. The number of fused-ring (bicyclic) bond motifs is 1. The fraction of sp³-hybridized carbons (Fsp3) is 0.0952. The van der Waals surface area contributed by atoms with Gasteiger partial charge in [0.2, 0.25) is 0 Å². The van der Waals surface area contributed by atoms with E-state index in [0.717, 1.165) is 16.3 Å². The van der Waals surface area contributed by atoms with Gasteiger partial charge in [0.1, 0.15) is 5.75 Å². The van der Waals surface area contributed by atoms with Crippen molar-refractivity contribution in [3.8, 4) is 5.75 Å². The van der Waals surface area contributed by atoms with Crippen LogP contribution in [0.4, 0.5) is 0 Å². The maximum Gasteiger partial charge on any atom is 0.259 e. The predicted octanol–water partition coefficient (Wildman–Crippen LogP) is 2.73. The normalized spacial score (nSPS) is 10.9. The molecule has 0 heterocycles. The van der Waals surface area contributed by atoms with E-state index in [-0.39, 0.29) is 18.2 Å². The zero-order chi connectivity index (χ0) is 19.2. The number of phenols is 1. The number of amides is 2. The van der Waals surface area contributed by atoms with Crippen molar-refractivity contribution in [2.45, 2.75) is 6.92 Å². The minimum absolute atomic E-state index is 0.0690. The van der Waals surface area contributed by atoms with Gasteiger partial charge in [-0.2, -0.15) is 5.10 Å². The number of hydrazone groups is 1. The first-order valence-corrected chi connectivity index (χ1v) is 8.42. The summed E-state index contributed by atoms with van der Waals surface area (Å²) in [6.07, 6.45) is 1.39. The number of hydrogen-bond donors (Lipinski definition) is 3. The van der Waals surface area contributed by atoms with E-state index in [1.165, 1.54) is 6.21 Å². The quantitative estimate of drug-likeness (QED) is 0.482. The van der Waals surface area contributed by atoms with Crippen LogP contribution in [0.3, 0.4) is 0 Å². The van der Waals surface area contributed by atoms with Gasteiger partial charge in [-0.05, 0) is 35.4 Å². The van der Waals surface area contributed by atoms with Crippen LogP contribution < -0.4 is 10.7 Å². The van der Waals surface area contributed by atoms with Gasteiger partial charge in [-0.15, -0.1) is 0 Å². The highest BCUT2D eigenvalue weighted by Crippen LogP contribution is 2.25. The molecule has 27 heavy (non-hydrogen) atoms. The van der Waals surface area contributed by atoms with Crippen LogP contribution in [0.2, 0.25) is 0 Å². The van der Waals surface area contributed by atoms with Crippen LogP contribution >= 0.6 is 0 Å². The van der Waals surface area contributed by atoms with Gasteiger partial charge < -0.3 is 10.4 Å². The lowest BCUT2D eigenvalue weighted by molar-refractivity contribution is -0.120. The Hall–Kier alpha value is -3.67. The van der Waals surface area contributed by atoms with Gasteiger partial charge in [0.05, 0.1) is 12.8 Å². The van der Waals surface area contributed by atoms with Gasteiger partial charge in [0.25, 0.3) is 11.8 Å². The minimum Gasteiger partial charge on any atom is -0.507 e. The Labute approximate surface area is 156 Å². The first-order valence-electron chi connectivity index (χ1n) is 8.42. The van der Waals surface area contributed by atoms with Gasteiger partial charge in [-0.1, -0.05) is 48.5 Å². The average Bonchev–Trinajstić information content (AvgIpc) is 2.68. The molecule has 0 aliphatic carbocycles. The molecule has 0 spiro atoms. The van der Waals surface area contributed by atoms with E-state index in [2.05, 4.69) is 15.8 Å². The molecule has 3 aromatic carbocycles. The second kappa shape index (κ2) is 8.14. The molecule has 136 valence electrons. The summed E-state index contributed by atoms with van der Waals surface area (Å²) in [5.74, 6) is -0.716. The molecule has 6 heteroatoms. The minimum atomic E-state index is -0.465. The van der Waals surface area contributed by atoms with Crippen molar-refractivity contribution in [3.63, 3.8) is 0 Å². The second-order valence-electron chi connectivity index (χ2n) is 6.01. The molecule has 0 saturated heterocycles. The number of carbonyl (C=O) groups is 2. The lowest BCUT2D eigenvalue weighted by atomic mass is 10.0. The Morgan fingerprint density at radius 1 is 1.04 bits per heavy atom. The molecule has 3 N–H and O–H groups in total. The largest absolute Gasteiger partial charge is 0.507 e. The van der Waals surface area contributed by atoms with Crippen molar-refractivity contribution in [3.05, 3.63) is 77.4 Å². The monoisotopic (exact) mass is 361 g/mol. The van der Waals surface area contributed by atoms with Crippen LogP contribution in [-0.4, -0.2) is 29.7 Å². The second-order valence-corrected chi connectivity index (χ2v) is 6.01. The van der Waals surface area contributed by atoms with E-state index < -0.39 is 5.91 Å². The van der Waals surface area contributed by atoms with Gasteiger partial charge in [0.15, 0.2) is 0 Å². The third-order valence-electron chi connectivity index (χ3n) is 4.13. The Morgan fingerprint density at radius 3 is 2.59 bits per heavy atom. The third-order valence-corrected chi connectivity index (χ3v) is 4.13. The summed E-state index contributed by atoms with van der Waals surface area (Å²) in [6, 6.07) is 18.1. The Bertz CT molecular complexity index is 1030. The maximum absolute atomic E-state index is 12.1. The number of nitrogens with zero attached hydrogens (tertiary/aromatic N) is 1. The summed E-state index contributed by atoms with van der Waals surface area (Å²) in [5, 5.41) is 18.3. The standard InChI is InChI=1S/C21H19N3O3/c1-14-6-2-4-8-16(14)21(27)22-13-20(26)24-23-12-18-17-9-5-3-7-15(17)10-11-19(18)25/h2-12,25H,13H2,1H3,(H,22,27)(H,24,26)/b23-12-. The topological polar surface area (TPSA) is 90.8 Å². The molecule has 0 unspecified atom stereocenters. The van der Waals surface area contributed by atoms with Gasteiger partial charge >= 0.3 is 0 Å². The van der Waals surface area contributed by atoms with Crippen LogP contribution in [0, 0.1) is 6.92 Å². The predicted molar refractivity (Wildman–Crippen MR) is 105 cm³/mol. The summed E-state index contributed by atoms with van der Waals surface area (Å²) in [4.78, 5) is 24.0. The van der Waals surface area contributed by atoms with Crippen LogP contribution in [0.1, 0.15) is 21.5 Å². The van der Waals surface area contributed by atoms with E-state index in [4.69, 9.17) is 0 Å². The molecule has 6 nitrogen and oxygen atoms in total. The fourth-order valence-electron chi connectivity index (χ4n) is 2.71. The number of rotatable bonds is 5. The maximum atomic E-state index is 12.1. The van der Waals surface area contributed by atoms with Crippen molar-refractivity contribution >= 4 is 28.8 Å². The average molecular weight is 361 g/mol. The molecule has 0 aliphatic heterocycles. The molecule has 0 fully saturated rings. The van der Waals surface area contributed by atoms with Crippen molar-refractivity contribution in [1.82, 2.24) is 10.7 Å². The first-order chi connectivity index (χ1) is 13.1. The Balaban J connectivity index is 1.61. The zero-order valence-corrected chi connectivity index (χ0v) is 14.8. The van der Waals surface area contributed by atoms with Crippen LogP contribution in [0.25, 0.3) is 10.8 Å². The number of hydrogen-bond acceptors (Lipinski definition) is 4. The number of phenolic OH excluding ortho intramolecular Hbond substituents is 1. The molecular weight excluding hydrogens is 342 g/mol. The van der Waals surface area contributed by atoms with E-state index in [0.29, 0.717) is 11.1 Å². The SMILES string of the molecule is Cc1ccccc1C(=O)NCC(=O)N/N=C\c1c(O)ccc2ccccc12. The van der Waals surface area contributed by atoms with E-state index in [9.17, 15) is 14.7 Å². The molecule has 0 bridgehead atoms. The van der Waals surface area contributed by atoms with Gasteiger partial charge in [0, 0.05) is 11.1 Å². The molecule has 2 amide bonds. The molecular formula is C21H19N3O3. The molecule has 3 rings (SSSR count). The van der Waals surface area contributed by atoms with Crippen LogP contribution in [0.15, 0.2) is 65.8 Å². The lowest BCUT2D eigenvalue weighted by Crippen LogP contribution is -2.35. The summed E-state index contributed by atoms with van der Waals surface area (Å²) >= 11 is 0. The van der Waals surface area contributed by atoms with Crippen molar-refractivity contribution in [2.75, 3.05) is 6.54 Å². The van der Waals surface area contributed by atoms with Crippen molar-refractivity contribution in [1.29, 1.82) is 0 Å². The highest BCUT2D eigenvalue weighted by atomic mass is 16.3. The van der Waals surface area contributed by atoms with Crippen molar-refractivity contribution < 1.29 is 14.7 Å². The molecule has 0 saturated carbocycles. The van der Waals surface area contributed by atoms with Gasteiger partial charge in [-0.25, -0.2) is 5.43 Å². The third kappa shape index (κ3) is 4.30. The number of aryl methyl sites for hydroxylation is 1. The number of nitrogens with one attached hydrogen (secondary N) is 2. The Kier molecular flexibility index (Phi) is 5.47. The van der Waals surface area contributed by atoms with E-state index >= 15 is 0 Å². The van der Waals surface area contributed by atoms with Crippen molar-refractivity contribution in [2.24, 2.45) is 5.10 Å². The number of aromatic hydroxyl groups is 1. The van der Waals surface area contributed by atoms with Crippen LogP contribution in [-0.2, 0) is 4.79 Å². The summed E-state index contributed by atoms with van der Waals surface area (Å²) < 4.78 is 0. The first kappa shape index (κ1) is 18.1. The summed E-state index contributed by atoms with van der Waals surface area (Å²) in [7, 11) is 0. The number of benzene rings is 3. The molecule has 0 atom stereocenters. The molecule has 3 aromatic rings. The summed E-state index contributed by atoms with van der Waals surface area (Å²) in [6.45, 7) is 1.63. The zero-order valence-electron chi connectivity index (χ0n) is 14.8. The molecule has 0 radical (unpaired) electrons. The number of carbonyl (C=O) groups excluding carboxylic acids is 2. The molecule has 0 aliphatic rings. The van der Waals surface area contributed by atoms with E-state index in [1.807, 2.05) is 49.4 Å². The lowest BCUT2D eigenvalue weighted by Gasteiger charge is -2.07. The smallest absolute Gasteiger partial charge is 0.259 e. The van der Waals surface area contributed by atoms with Gasteiger partial charge in [-0.3, -0.25) is 9.59 Å². The highest BCUT2D eigenvalue weighted by molar-refractivity contribution is 6.02. The fourth-order valence-corrected chi connectivity index (χ4v) is 2.71. The van der Waals surface area contributed by atoms with Crippen LogP contribution in [0.5, 0.6) is 5.75 Å².